The van der Waals surface area contributed by atoms with E-state index in [4.69, 9.17) is 5.73 Å². The first-order valence-corrected chi connectivity index (χ1v) is 10.8. The van der Waals surface area contributed by atoms with Gasteiger partial charge in [-0.25, -0.2) is 4.68 Å². The van der Waals surface area contributed by atoms with Gasteiger partial charge in [0, 0.05) is 25.9 Å². The number of halogens is 7. The number of carbonyl (C=O) groups excluding carboxylic acids is 1. The number of carbonyl (C=O) groups is 1. The van der Waals surface area contributed by atoms with E-state index in [-0.39, 0.29) is 22.3 Å². The van der Waals surface area contributed by atoms with Gasteiger partial charge in [0.15, 0.2) is 11.6 Å². The zero-order valence-corrected chi connectivity index (χ0v) is 20.1. The summed E-state index contributed by atoms with van der Waals surface area (Å²) in [5.74, 6) is -9.14. The van der Waals surface area contributed by atoms with E-state index in [0.717, 1.165) is 19.4 Å². The van der Waals surface area contributed by atoms with Gasteiger partial charge >= 0.3 is 18.7 Å². The highest BCUT2D eigenvalue weighted by molar-refractivity contribution is 6.00. The molecule has 206 valence electrons. The molecule has 0 saturated heterocycles. The molecule has 16 heteroatoms. The van der Waals surface area contributed by atoms with E-state index in [0.29, 0.717) is 17.5 Å². The Morgan fingerprint density at radius 3 is 2.36 bits per heavy atom. The highest BCUT2D eigenvalue weighted by Gasteiger charge is 2.61. The average molecular weight is 557 g/mol. The first-order valence-electron chi connectivity index (χ1n) is 10.8. The normalized spacial score (nSPS) is 15.7. The molecule has 1 saturated carbocycles. The minimum Gasteiger partial charge on any atom is -0.429 e. The SMILES string of the molecule is CN=C(C(OC(F)F)=C(N)C(F)(F)C(F)(F)F)n1cc(-c2ccc(C#N)c(C(=O)N(C)C3(C#N)CC3)c2)cn1. The lowest BCUT2D eigenvalue weighted by Crippen LogP contribution is -2.43. The van der Waals surface area contributed by atoms with Gasteiger partial charge in [-0.3, -0.25) is 9.79 Å². The first kappa shape index (κ1) is 29.0. The van der Waals surface area contributed by atoms with E-state index in [1.54, 1.807) is 0 Å². The van der Waals surface area contributed by atoms with Crippen LogP contribution >= 0.6 is 0 Å². The molecule has 0 bridgehead atoms. The van der Waals surface area contributed by atoms with Gasteiger partial charge in [-0.15, -0.1) is 0 Å². The molecule has 2 aromatic rings. The summed E-state index contributed by atoms with van der Waals surface area (Å²) in [5.41, 5.74) is 1.84. The molecule has 1 aromatic carbocycles. The van der Waals surface area contributed by atoms with Crippen LogP contribution in [0.25, 0.3) is 11.1 Å². The lowest BCUT2D eigenvalue weighted by atomic mass is 10.00. The van der Waals surface area contributed by atoms with Crippen molar-refractivity contribution < 1.29 is 40.3 Å². The van der Waals surface area contributed by atoms with Gasteiger partial charge in [-0.1, -0.05) is 6.07 Å². The summed E-state index contributed by atoms with van der Waals surface area (Å²) in [4.78, 5) is 17.7. The van der Waals surface area contributed by atoms with Gasteiger partial charge < -0.3 is 15.4 Å². The summed E-state index contributed by atoms with van der Waals surface area (Å²) in [6.07, 6.45) is -3.24. The van der Waals surface area contributed by atoms with Crippen LogP contribution < -0.4 is 5.73 Å². The lowest BCUT2D eigenvalue weighted by Gasteiger charge is -2.23. The molecular formula is C23H18F7N7O2. The number of nitriles is 2. The smallest absolute Gasteiger partial charge is 0.429 e. The number of aromatic nitrogens is 2. The maximum absolute atomic E-state index is 13.9. The van der Waals surface area contributed by atoms with Crippen molar-refractivity contribution in [2.24, 2.45) is 10.7 Å². The Labute approximate surface area is 216 Å². The number of amides is 1. The second-order valence-electron chi connectivity index (χ2n) is 8.29. The number of hydrogen-bond acceptors (Lipinski definition) is 7. The fraction of sp³-hybridized carbons (Fsp3) is 0.348. The lowest BCUT2D eigenvalue weighted by molar-refractivity contribution is -0.266. The Hall–Kier alpha value is -4.60. The molecule has 39 heavy (non-hydrogen) atoms. The highest BCUT2D eigenvalue weighted by atomic mass is 19.4. The molecular weight excluding hydrogens is 539 g/mol. The molecule has 3 rings (SSSR count). The zero-order valence-electron chi connectivity index (χ0n) is 20.1. The molecule has 1 fully saturated rings. The van der Waals surface area contributed by atoms with Gasteiger partial charge in [0.1, 0.15) is 11.2 Å². The number of alkyl halides is 7. The second kappa shape index (κ2) is 10.3. The third kappa shape index (κ3) is 5.36. The molecule has 0 radical (unpaired) electrons. The maximum atomic E-state index is 13.9. The van der Waals surface area contributed by atoms with Gasteiger partial charge in [0.05, 0.1) is 29.5 Å². The minimum atomic E-state index is -6.23. The van der Waals surface area contributed by atoms with Crippen molar-refractivity contribution >= 4 is 11.7 Å². The highest BCUT2D eigenvalue weighted by Crippen LogP contribution is 2.42. The van der Waals surface area contributed by atoms with Crippen LogP contribution in [-0.2, 0) is 4.74 Å². The fourth-order valence-corrected chi connectivity index (χ4v) is 3.53. The van der Waals surface area contributed by atoms with Crippen LogP contribution in [0.5, 0.6) is 0 Å². The van der Waals surface area contributed by atoms with Crippen molar-refractivity contribution in [3.05, 3.63) is 53.2 Å². The van der Waals surface area contributed by atoms with Crippen molar-refractivity contribution in [3.8, 4) is 23.3 Å². The molecule has 0 unspecified atom stereocenters. The number of ether oxygens (including phenoxy) is 1. The van der Waals surface area contributed by atoms with Crippen molar-refractivity contribution in [1.82, 2.24) is 14.7 Å². The standard InChI is InChI=1S/C23H18F7N7O2/c1-34-18(16(39-20(24)25)17(33)22(26,27)23(28,29)30)37-10-14(9-35-37)12-3-4-13(8-31)15(7-12)19(38)36(2)21(11-32)5-6-21/h3-4,7,9-10,20H,5-6,33H2,1-2H3. The molecule has 9 nitrogen and oxygen atoms in total. The Kier molecular flexibility index (Phi) is 7.63. The van der Waals surface area contributed by atoms with Crippen LogP contribution in [0.2, 0.25) is 0 Å². The number of nitrogens with two attached hydrogens (primary N) is 1. The molecule has 1 aromatic heterocycles. The Morgan fingerprint density at radius 1 is 1.23 bits per heavy atom. The van der Waals surface area contributed by atoms with Crippen LogP contribution in [0.3, 0.4) is 0 Å². The third-order valence-corrected chi connectivity index (χ3v) is 5.94. The Morgan fingerprint density at radius 2 is 1.87 bits per heavy atom. The summed E-state index contributed by atoms with van der Waals surface area (Å²) in [6, 6.07) is 7.88. The number of nitrogens with zero attached hydrogens (tertiary/aromatic N) is 6. The third-order valence-electron chi connectivity index (χ3n) is 5.94. The van der Waals surface area contributed by atoms with Crippen molar-refractivity contribution in [2.45, 2.75) is 37.1 Å². The van der Waals surface area contributed by atoms with E-state index in [1.807, 2.05) is 6.07 Å². The van der Waals surface area contributed by atoms with Crippen molar-refractivity contribution in [3.63, 3.8) is 0 Å². The summed E-state index contributed by atoms with van der Waals surface area (Å²) in [7, 11) is 2.30. The number of allylic oxidation sites excluding steroid dienone is 2. The summed E-state index contributed by atoms with van der Waals surface area (Å²) >= 11 is 0. The molecule has 0 aliphatic heterocycles. The first-order chi connectivity index (χ1) is 18.1. The van der Waals surface area contributed by atoms with E-state index in [2.05, 4.69) is 20.9 Å². The van der Waals surface area contributed by atoms with Crippen molar-refractivity contribution in [2.75, 3.05) is 14.1 Å². The monoisotopic (exact) mass is 557 g/mol. The topological polar surface area (TPSA) is 133 Å². The predicted octanol–water partition coefficient (Wildman–Crippen LogP) is 4.03. The van der Waals surface area contributed by atoms with Gasteiger partial charge in [0.25, 0.3) is 5.91 Å². The van der Waals surface area contributed by atoms with E-state index >= 15 is 0 Å². The molecule has 0 atom stereocenters. The number of rotatable bonds is 7. The van der Waals surface area contributed by atoms with Crippen LogP contribution in [0.4, 0.5) is 30.7 Å². The fourth-order valence-electron chi connectivity index (χ4n) is 3.53. The van der Waals surface area contributed by atoms with Crippen LogP contribution in [0.1, 0.15) is 28.8 Å². The number of benzene rings is 1. The van der Waals surface area contributed by atoms with E-state index < -0.39 is 47.4 Å². The molecule has 1 heterocycles. The van der Waals surface area contributed by atoms with Crippen LogP contribution in [0, 0.1) is 22.7 Å². The van der Waals surface area contributed by atoms with Crippen molar-refractivity contribution in [1.29, 1.82) is 10.5 Å². The Bertz CT molecular complexity index is 1430. The van der Waals surface area contributed by atoms with E-state index in [9.17, 15) is 46.1 Å². The maximum Gasteiger partial charge on any atom is 0.459 e. The van der Waals surface area contributed by atoms with Crippen LogP contribution in [0.15, 0.2) is 47.0 Å². The van der Waals surface area contributed by atoms with Crippen LogP contribution in [-0.4, -0.2) is 64.8 Å². The molecule has 1 aliphatic rings. The molecule has 1 aliphatic carbocycles. The number of aliphatic imine (C=N–C) groups is 1. The average Bonchev–Trinajstić information content (AvgIpc) is 3.54. The largest absolute Gasteiger partial charge is 0.459 e. The summed E-state index contributed by atoms with van der Waals surface area (Å²) in [6.45, 7) is -3.85. The second-order valence-corrected chi connectivity index (χ2v) is 8.29. The minimum absolute atomic E-state index is 0.0229. The van der Waals surface area contributed by atoms with Gasteiger partial charge in [-0.05, 0) is 30.5 Å². The number of hydrogen-bond donors (Lipinski definition) is 1. The molecule has 2 N–H and O–H groups in total. The molecule has 0 spiro atoms. The predicted molar refractivity (Wildman–Crippen MR) is 120 cm³/mol. The molecule has 1 amide bonds. The zero-order chi connectivity index (χ0) is 29.3. The van der Waals surface area contributed by atoms with E-state index in [1.165, 1.54) is 30.1 Å². The van der Waals surface area contributed by atoms with Gasteiger partial charge in [0.2, 0.25) is 0 Å². The van der Waals surface area contributed by atoms with Gasteiger partial charge in [-0.2, -0.15) is 46.4 Å². The Balaban J connectivity index is 2.06. The quantitative estimate of drug-likeness (QED) is 0.237. The summed E-state index contributed by atoms with van der Waals surface area (Å²) < 4.78 is 96.8. The summed E-state index contributed by atoms with van der Waals surface area (Å²) in [5, 5.41) is 22.6.